The Hall–Kier alpha value is -1.72. The molecular formula is C14H20N4O. The van der Waals surface area contributed by atoms with E-state index in [1.165, 1.54) is 0 Å². The molecule has 2 rings (SSSR count). The first kappa shape index (κ1) is 13.7. The average molecular weight is 260 g/mol. The van der Waals surface area contributed by atoms with Crippen molar-refractivity contribution >= 4 is 0 Å². The van der Waals surface area contributed by atoms with E-state index >= 15 is 0 Å². The summed E-state index contributed by atoms with van der Waals surface area (Å²) in [6.45, 7) is 2.43. The first-order valence-corrected chi connectivity index (χ1v) is 6.47. The van der Waals surface area contributed by atoms with Crippen molar-refractivity contribution in [2.75, 3.05) is 7.11 Å². The van der Waals surface area contributed by atoms with Crippen LogP contribution in [0.15, 0.2) is 30.3 Å². The van der Waals surface area contributed by atoms with E-state index in [2.05, 4.69) is 10.2 Å². The molecule has 102 valence electrons. The van der Waals surface area contributed by atoms with Gasteiger partial charge in [0.15, 0.2) is 5.82 Å². The van der Waals surface area contributed by atoms with Crippen molar-refractivity contribution in [3.05, 3.63) is 42.0 Å². The van der Waals surface area contributed by atoms with Gasteiger partial charge in [-0.25, -0.2) is 0 Å². The van der Waals surface area contributed by atoms with Gasteiger partial charge in [-0.1, -0.05) is 18.2 Å². The summed E-state index contributed by atoms with van der Waals surface area (Å²) in [5.41, 5.74) is 6.78. The molecule has 1 atom stereocenters. The van der Waals surface area contributed by atoms with Crippen molar-refractivity contribution < 1.29 is 4.74 Å². The second-order valence-corrected chi connectivity index (χ2v) is 4.49. The van der Waals surface area contributed by atoms with Crippen LogP contribution in [0.1, 0.15) is 25.0 Å². The number of hydrogen-bond acceptors (Lipinski definition) is 4. The van der Waals surface area contributed by atoms with Crippen LogP contribution in [-0.2, 0) is 17.7 Å². The molecule has 0 saturated carbocycles. The summed E-state index contributed by atoms with van der Waals surface area (Å²) in [7, 11) is 1.72. The fourth-order valence-corrected chi connectivity index (χ4v) is 1.97. The molecule has 1 aromatic heterocycles. The van der Waals surface area contributed by atoms with Gasteiger partial charge in [0.05, 0.1) is 12.6 Å². The van der Waals surface area contributed by atoms with E-state index in [4.69, 9.17) is 10.5 Å². The minimum Gasteiger partial charge on any atom is -0.382 e. The number of benzene rings is 1. The van der Waals surface area contributed by atoms with Crippen molar-refractivity contribution in [3.63, 3.8) is 0 Å². The summed E-state index contributed by atoms with van der Waals surface area (Å²) in [5.74, 6) is 1.71. The van der Waals surface area contributed by atoms with Crippen LogP contribution >= 0.6 is 0 Å². The van der Waals surface area contributed by atoms with Gasteiger partial charge in [0.2, 0.25) is 0 Å². The third-order valence-corrected chi connectivity index (χ3v) is 3.17. The van der Waals surface area contributed by atoms with Crippen LogP contribution in [0.25, 0.3) is 5.69 Å². The molecule has 0 fully saturated rings. The lowest BCUT2D eigenvalue weighted by molar-refractivity contribution is 0.110. The molecule has 0 saturated heterocycles. The fourth-order valence-electron chi connectivity index (χ4n) is 1.97. The van der Waals surface area contributed by atoms with E-state index in [1.807, 2.05) is 41.8 Å². The Bertz CT molecular complexity index is 509. The number of para-hydroxylation sites is 1. The normalized spacial score (nSPS) is 12.6. The fraction of sp³-hybridized carbons (Fsp3) is 0.429. The van der Waals surface area contributed by atoms with E-state index in [0.717, 1.165) is 30.2 Å². The molecule has 19 heavy (non-hydrogen) atoms. The van der Waals surface area contributed by atoms with E-state index in [1.54, 1.807) is 7.11 Å². The maximum atomic E-state index is 5.74. The van der Waals surface area contributed by atoms with Gasteiger partial charge in [-0.15, -0.1) is 10.2 Å². The summed E-state index contributed by atoms with van der Waals surface area (Å²) in [4.78, 5) is 0. The number of nitrogens with two attached hydrogens (primary N) is 1. The number of nitrogens with zero attached hydrogens (tertiary/aromatic N) is 3. The Morgan fingerprint density at radius 1 is 1.21 bits per heavy atom. The van der Waals surface area contributed by atoms with Gasteiger partial charge in [0.25, 0.3) is 0 Å². The van der Waals surface area contributed by atoms with E-state index < -0.39 is 0 Å². The zero-order chi connectivity index (χ0) is 13.7. The minimum atomic E-state index is 0.210. The molecule has 0 amide bonds. The van der Waals surface area contributed by atoms with Crippen LogP contribution < -0.4 is 5.73 Å². The third-order valence-electron chi connectivity index (χ3n) is 3.17. The monoisotopic (exact) mass is 260 g/mol. The Balaban J connectivity index is 2.27. The zero-order valence-corrected chi connectivity index (χ0v) is 11.4. The average Bonchev–Trinajstić information content (AvgIpc) is 2.88. The number of hydrogen-bond donors (Lipinski definition) is 1. The number of ether oxygens (including phenoxy) is 1. The van der Waals surface area contributed by atoms with Gasteiger partial charge < -0.3 is 10.5 Å². The summed E-state index contributed by atoms with van der Waals surface area (Å²) >= 11 is 0. The summed E-state index contributed by atoms with van der Waals surface area (Å²) in [6.07, 6.45) is 1.94. The predicted octanol–water partition coefficient (Wildman–Crippen LogP) is 1.69. The van der Waals surface area contributed by atoms with E-state index in [-0.39, 0.29) is 6.10 Å². The largest absolute Gasteiger partial charge is 0.382 e. The lowest BCUT2D eigenvalue weighted by Gasteiger charge is -2.11. The molecule has 0 spiro atoms. The topological polar surface area (TPSA) is 66.0 Å². The van der Waals surface area contributed by atoms with Crippen LogP contribution in [0, 0.1) is 0 Å². The molecule has 0 radical (unpaired) electrons. The molecular weight excluding hydrogens is 240 g/mol. The molecule has 0 aliphatic rings. The van der Waals surface area contributed by atoms with E-state index in [9.17, 15) is 0 Å². The SMILES string of the molecule is COC(C)CCc1nnc(CN)n1-c1ccccc1. The van der Waals surface area contributed by atoms with Gasteiger partial charge in [-0.05, 0) is 25.5 Å². The Labute approximate surface area is 113 Å². The highest BCUT2D eigenvalue weighted by atomic mass is 16.5. The standard InChI is InChI=1S/C14H20N4O/c1-11(19-2)8-9-13-16-17-14(10-15)18(13)12-6-4-3-5-7-12/h3-7,11H,8-10,15H2,1-2H3. The maximum Gasteiger partial charge on any atom is 0.151 e. The van der Waals surface area contributed by atoms with Gasteiger partial charge in [-0.3, -0.25) is 4.57 Å². The van der Waals surface area contributed by atoms with Gasteiger partial charge in [0, 0.05) is 19.2 Å². The van der Waals surface area contributed by atoms with Crippen LogP contribution in [-0.4, -0.2) is 28.0 Å². The molecule has 5 nitrogen and oxygen atoms in total. The third kappa shape index (κ3) is 3.19. The van der Waals surface area contributed by atoms with E-state index in [0.29, 0.717) is 6.54 Å². The number of aromatic nitrogens is 3. The second kappa shape index (κ2) is 6.45. The zero-order valence-electron chi connectivity index (χ0n) is 11.4. The predicted molar refractivity (Wildman–Crippen MR) is 74.0 cm³/mol. The molecule has 1 unspecified atom stereocenters. The van der Waals surface area contributed by atoms with Crippen molar-refractivity contribution in [1.82, 2.24) is 14.8 Å². The molecule has 2 N–H and O–H groups in total. The molecule has 2 aromatic rings. The first-order valence-electron chi connectivity index (χ1n) is 6.47. The Kier molecular flexibility index (Phi) is 4.65. The minimum absolute atomic E-state index is 0.210. The molecule has 0 bridgehead atoms. The highest BCUT2D eigenvalue weighted by Crippen LogP contribution is 2.15. The van der Waals surface area contributed by atoms with Gasteiger partial charge in [0.1, 0.15) is 5.82 Å². The lowest BCUT2D eigenvalue weighted by Crippen LogP contribution is -2.12. The van der Waals surface area contributed by atoms with Gasteiger partial charge >= 0.3 is 0 Å². The highest BCUT2D eigenvalue weighted by molar-refractivity contribution is 5.34. The lowest BCUT2D eigenvalue weighted by atomic mass is 10.2. The summed E-state index contributed by atoms with van der Waals surface area (Å²) in [5, 5.41) is 8.41. The smallest absolute Gasteiger partial charge is 0.151 e. The van der Waals surface area contributed by atoms with Crippen LogP contribution in [0.5, 0.6) is 0 Å². The van der Waals surface area contributed by atoms with Crippen molar-refractivity contribution in [3.8, 4) is 5.69 Å². The first-order chi connectivity index (χ1) is 9.26. The molecule has 1 heterocycles. The Morgan fingerprint density at radius 3 is 2.53 bits per heavy atom. The summed E-state index contributed by atoms with van der Waals surface area (Å²) < 4.78 is 7.30. The Morgan fingerprint density at radius 2 is 1.89 bits per heavy atom. The van der Waals surface area contributed by atoms with Crippen LogP contribution in [0.2, 0.25) is 0 Å². The van der Waals surface area contributed by atoms with Crippen LogP contribution in [0.4, 0.5) is 0 Å². The number of methoxy groups -OCH3 is 1. The molecule has 5 heteroatoms. The number of rotatable bonds is 6. The van der Waals surface area contributed by atoms with Crippen molar-refractivity contribution in [2.45, 2.75) is 32.4 Å². The second-order valence-electron chi connectivity index (χ2n) is 4.49. The van der Waals surface area contributed by atoms with Crippen LogP contribution in [0.3, 0.4) is 0 Å². The van der Waals surface area contributed by atoms with Gasteiger partial charge in [-0.2, -0.15) is 0 Å². The van der Waals surface area contributed by atoms with Crippen molar-refractivity contribution in [1.29, 1.82) is 0 Å². The number of aryl methyl sites for hydroxylation is 1. The maximum absolute atomic E-state index is 5.74. The van der Waals surface area contributed by atoms with Crippen molar-refractivity contribution in [2.24, 2.45) is 5.73 Å². The molecule has 0 aliphatic carbocycles. The molecule has 1 aromatic carbocycles. The molecule has 0 aliphatic heterocycles. The highest BCUT2D eigenvalue weighted by Gasteiger charge is 2.13. The summed E-state index contributed by atoms with van der Waals surface area (Å²) in [6, 6.07) is 10.1. The quantitative estimate of drug-likeness (QED) is 0.858.